The van der Waals surface area contributed by atoms with E-state index < -0.39 is 19.0 Å². The average Bonchev–Trinajstić information content (AvgIpc) is 3.76. The van der Waals surface area contributed by atoms with Gasteiger partial charge in [-0.1, -0.05) is 48.0 Å². The fourth-order valence-corrected chi connectivity index (χ4v) is 10.4. The summed E-state index contributed by atoms with van der Waals surface area (Å²) in [5.74, 6) is 0.420. The van der Waals surface area contributed by atoms with Crippen molar-refractivity contribution < 1.29 is 23.3 Å². The van der Waals surface area contributed by atoms with Crippen molar-refractivity contribution in [3.63, 3.8) is 0 Å². The number of anilines is 7. The number of benzene rings is 4. The van der Waals surface area contributed by atoms with Crippen LogP contribution in [0.15, 0.2) is 97.5 Å². The highest BCUT2D eigenvalue weighted by atomic mass is 35.5. The van der Waals surface area contributed by atoms with Crippen molar-refractivity contribution in [2.75, 3.05) is 91.6 Å². The second kappa shape index (κ2) is 18.8. The third-order valence-electron chi connectivity index (χ3n) is 12.5. The molecule has 3 aliphatic rings. The van der Waals surface area contributed by atoms with E-state index in [-0.39, 0.29) is 30.5 Å². The molecule has 0 bridgehead atoms. The molecule has 9 rings (SSSR count). The molecule has 0 aliphatic carbocycles. The van der Waals surface area contributed by atoms with Gasteiger partial charge < -0.3 is 29.7 Å². The van der Waals surface area contributed by atoms with Crippen LogP contribution in [0.1, 0.15) is 19.3 Å². The number of halogens is 2. The highest BCUT2D eigenvalue weighted by Crippen LogP contribution is 2.43. The van der Waals surface area contributed by atoms with Crippen LogP contribution in [-0.2, 0) is 16.4 Å². The maximum Gasteiger partial charge on any atom is 0.328 e. The van der Waals surface area contributed by atoms with Gasteiger partial charge >= 0.3 is 6.03 Å². The van der Waals surface area contributed by atoms with Crippen LogP contribution in [0.4, 0.5) is 49.4 Å². The zero-order valence-electron chi connectivity index (χ0n) is 37.3. The Labute approximate surface area is 388 Å². The molecule has 3 saturated heterocycles. The van der Waals surface area contributed by atoms with E-state index in [1.807, 2.05) is 80.1 Å². The lowest BCUT2D eigenvalue weighted by Crippen LogP contribution is -2.53. The van der Waals surface area contributed by atoms with Gasteiger partial charge in [0.05, 0.1) is 36.6 Å². The molecule has 6 aromatic rings. The number of piperidine rings is 1. The molecule has 0 saturated carbocycles. The first-order chi connectivity index (χ1) is 31.8. The summed E-state index contributed by atoms with van der Waals surface area (Å²) in [6, 6.07) is 24.7. The Morgan fingerprint density at radius 2 is 1.59 bits per heavy atom. The van der Waals surface area contributed by atoms with Crippen molar-refractivity contribution in [1.82, 2.24) is 30.0 Å². The van der Waals surface area contributed by atoms with Crippen molar-refractivity contribution in [3.8, 4) is 28.0 Å². The number of urea groups is 1. The normalized spacial score (nSPS) is 16.4. The van der Waals surface area contributed by atoms with Crippen LogP contribution in [0.2, 0.25) is 5.02 Å². The van der Waals surface area contributed by atoms with Crippen molar-refractivity contribution in [2.45, 2.75) is 25.3 Å². The summed E-state index contributed by atoms with van der Waals surface area (Å²) >= 11 is 6.69. The molecular formula is C48H52ClFN11O4P. The van der Waals surface area contributed by atoms with E-state index in [0.29, 0.717) is 39.3 Å². The van der Waals surface area contributed by atoms with Crippen LogP contribution in [0.5, 0.6) is 5.75 Å². The van der Waals surface area contributed by atoms with Gasteiger partial charge in [0.15, 0.2) is 5.82 Å². The summed E-state index contributed by atoms with van der Waals surface area (Å²) in [4.78, 5) is 41.6. The number of nitrogens with one attached hydrogen (secondary N) is 3. The number of hydrogen-bond donors (Lipinski definition) is 3. The number of hydrogen-bond acceptors (Lipinski definition) is 12. The largest absolute Gasteiger partial charge is 0.494 e. The predicted molar refractivity (Wildman–Crippen MR) is 261 cm³/mol. The number of aryl methyl sites for hydroxylation is 1. The van der Waals surface area contributed by atoms with Crippen LogP contribution in [0, 0.1) is 5.82 Å². The molecule has 15 nitrogen and oxygen atoms in total. The number of nitrogens with zero attached hydrogens (tertiary/aromatic N) is 8. The summed E-state index contributed by atoms with van der Waals surface area (Å²) in [6.07, 6.45) is 7.45. The molecule has 66 heavy (non-hydrogen) atoms. The molecule has 0 unspecified atom stereocenters. The average molecular weight is 932 g/mol. The van der Waals surface area contributed by atoms with Crippen LogP contribution in [0.25, 0.3) is 22.3 Å². The standard InChI is InChI=1S/C48H52ClFN11O4P/c1-57-30-33(28-52-57)36-26-40(54-47-51-29-37(49)46(56-47)53-39-12-10-32(24-44(39)66(3,4)64)31-8-6-5-7-9-31)43(65-2)27-42(36)60-17-14-34(15-18-60)58-20-22-59(23-21-58)35-11-13-41(38(50)25-35)61-19-16-45(62)55-48(61)63/h5-13,24-30,34H,14-23H2,1-4H3,(H,55,62,63)(H2,51,53,54,56). The second-order valence-electron chi connectivity index (χ2n) is 17.2. The SMILES string of the molecule is COc1cc(N2CCC(N3CCN(c4ccc(N5CCC(=O)NC5=O)c(F)c4)CC3)CC2)c(-c2cnn(C)c2)cc1Nc1ncc(Cl)c(Nc2ccc(-c3ccccc3)cc2P(C)(C)=O)n1. The Kier molecular flexibility index (Phi) is 12.7. The first kappa shape index (κ1) is 44.7. The fraction of sp³-hybridized carbons (Fsp3) is 0.312. The van der Waals surface area contributed by atoms with E-state index in [1.54, 1.807) is 31.2 Å². The van der Waals surface area contributed by atoms with Gasteiger partial charge in [-0.2, -0.15) is 10.1 Å². The van der Waals surface area contributed by atoms with Gasteiger partial charge in [-0.3, -0.25) is 24.6 Å². The molecular weight excluding hydrogens is 880 g/mol. The van der Waals surface area contributed by atoms with Gasteiger partial charge in [0.2, 0.25) is 11.9 Å². The third-order valence-corrected chi connectivity index (χ3v) is 14.3. The van der Waals surface area contributed by atoms with Crippen molar-refractivity contribution in [1.29, 1.82) is 0 Å². The summed E-state index contributed by atoms with van der Waals surface area (Å²) in [5.41, 5.74) is 7.19. The number of piperazine rings is 1. The second-order valence-corrected chi connectivity index (χ2v) is 20.8. The number of methoxy groups -OCH3 is 1. The highest BCUT2D eigenvalue weighted by molar-refractivity contribution is 7.70. The van der Waals surface area contributed by atoms with Gasteiger partial charge in [0, 0.05) is 105 Å². The number of rotatable bonds is 12. The molecule has 0 atom stereocenters. The minimum Gasteiger partial charge on any atom is -0.494 e. The van der Waals surface area contributed by atoms with Gasteiger partial charge in [-0.15, -0.1) is 0 Å². The molecule has 18 heteroatoms. The first-order valence-electron chi connectivity index (χ1n) is 22.0. The molecule has 3 N–H and O–H groups in total. The monoisotopic (exact) mass is 931 g/mol. The minimum atomic E-state index is -2.74. The van der Waals surface area contributed by atoms with Gasteiger partial charge in [0.25, 0.3) is 0 Å². The van der Waals surface area contributed by atoms with Crippen molar-refractivity contribution in [3.05, 3.63) is 108 Å². The van der Waals surface area contributed by atoms with Gasteiger partial charge in [-0.25, -0.2) is 14.2 Å². The Morgan fingerprint density at radius 3 is 2.27 bits per heavy atom. The third kappa shape index (κ3) is 9.58. The predicted octanol–water partition coefficient (Wildman–Crippen LogP) is 8.32. The summed E-state index contributed by atoms with van der Waals surface area (Å²) in [5, 5.41) is 14.5. The summed E-state index contributed by atoms with van der Waals surface area (Å²) in [6.45, 7) is 8.53. The number of amides is 3. The fourth-order valence-electron chi connectivity index (χ4n) is 9.07. The molecule has 5 heterocycles. The zero-order chi connectivity index (χ0) is 46.1. The molecule has 3 amide bonds. The van der Waals surface area contributed by atoms with Gasteiger partial charge in [-0.05, 0) is 73.7 Å². The number of aromatic nitrogens is 4. The van der Waals surface area contributed by atoms with Crippen LogP contribution >= 0.6 is 18.7 Å². The molecule has 0 spiro atoms. The van der Waals surface area contributed by atoms with Gasteiger partial charge in [0.1, 0.15) is 23.7 Å². The lowest BCUT2D eigenvalue weighted by atomic mass is 9.98. The molecule has 2 aromatic heterocycles. The smallest absolute Gasteiger partial charge is 0.328 e. The maximum absolute atomic E-state index is 15.3. The molecule has 0 radical (unpaired) electrons. The van der Waals surface area contributed by atoms with E-state index in [0.717, 1.165) is 85.7 Å². The number of imide groups is 1. The molecule has 4 aromatic carbocycles. The van der Waals surface area contributed by atoms with E-state index in [2.05, 4.69) is 46.8 Å². The maximum atomic E-state index is 15.3. The van der Waals surface area contributed by atoms with Crippen LogP contribution in [0.3, 0.4) is 0 Å². The number of carbonyl (C=O) groups excluding carboxylic acids is 2. The quantitative estimate of drug-likeness (QED) is 0.101. The van der Waals surface area contributed by atoms with Crippen molar-refractivity contribution in [2.24, 2.45) is 7.05 Å². The lowest BCUT2D eigenvalue weighted by molar-refractivity contribution is -0.120. The zero-order valence-corrected chi connectivity index (χ0v) is 39.0. The first-order valence-corrected chi connectivity index (χ1v) is 25.0. The lowest BCUT2D eigenvalue weighted by Gasteiger charge is -2.44. The van der Waals surface area contributed by atoms with Crippen molar-refractivity contribution >= 4 is 76.2 Å². The topological polar surface area (TPSA) is 153 Å². The number of ether oxygens (including phenoxy) is 1. The van der Waals surface area contributed by atoms with E-state index in [9.17, 15) is 14.2 Å². The van der Waals surface area contributed by atoms with Crippen LogP contribution < -0.4 is 40.7 Å². The Balaban J connectivity index is 0.889. The molecule has 342 valence electrons. The molecule has 3 aliphatic heterocycles. The van der Waals surface area contributed by atoms with E-state index >= 15 is 4.39 Å². The van der Waals surface area contributed by atoms with Crippen LogP contribution in [-0.4, -0.2) is 109 Å². The Morgan fingerprint density at radius 1 is 0.818 bits per heavy atom. The highest BCUT2D eigenvalue weighted by Gasteiger charge is 2.31. The molecule has 3 fully saturated rings. The summed E-state index contributed by atoms with van der Waals surface area (Å²) < 4.78 is 36.7. The number of carbonyl (C=O) groups is 2. The summed E-state index contributed by atoms with van der Waals surface area (Å²) in [7, 11) is 0.802. The Bertz CT molecular complexity index is 2830. The van der Waals surface area contributed by atoms with E-state index in [1.165, 1.54) is 17.2 Å². The van der Waals surface area contributed by atoms with E-state index in [4.69, 9.17) is 21.3 Å². The Hall–Kier alpha value is -6.48. The minimum absolute atomic E-state index is 0.137.